The van der Waals surface area contributed by atoms with E-state index < -0.39 is 17.7 Å². The zero-order valence-corrected chi connectivity index (χ0v) is 17.7. The maximum atomic E-state index is 13.2. The summed E-state index contributed by atoms with van der Waals surface area (Å²) in [6, 6.07) is 19.2. The van der Waals surface area contributed by atoms with E-state index in [1.54, 1.807) is 24.3 Å². The van der Waals surface area contributed by atoms with E-state index in [0.29, 0.717) is 22.7 Å². The minimum atomic E-state index is -0.762. The molecule has 0 aromatic heterocycles. The number of aliphatic hydroxyl groups is 1. The predicted octanol–water partition coefficient (Wildman–Crippen LogP) is 4.66. The number of nitrogens with zero attached hydrogens (tertiary/aromatic N) is 1. The molecule has 2 aliphatic rings. The van der Waals surface area contributed by atoms with Crippen molar-refractivity contribution in [1.29, 1.82) is 0 Å². The number of aryl methyl sites for hydroxylation is 2. The van der Waals surface area contributed by atoms with Crippen LogP contribution in [0.15, 0.2) is 72.3 Å². The summed E-state index contributed by atoms with van der Waals surface area (Å²) in [7, 11) is 0. The zero-order chi connectivity index (χ0) is 22.4. The van der Waals surface area contributed by atoms with Crippen LogP contribution < -0.4 is 14.4 Å². The number of ketones is 1. The van der Waals surface area contributed by atoms with Crippen LogP contribution in [0, 0.1) is 13.8 Å². The van der Waals surface area contributed by atoms with Gasteiger partial charge in [-0.25, -0.2) is 0 Å². The van der Waals surface area contributed by atoms with Gasteiger partial charge in [0.1, 0.15) is 5.76 Å². The molecule has 1 amide bonds. The van der Waals surface area contributed by atoms with Crippen molar-refractivity contribution in [2.75, 3.05) is 11.7 Å². The fraction of sp³-hybridized carbons (Fsp3) is 0.154. The Morgan fingerprint density at radius 1 is 0.906 bits per heavy atom. The van der Waals surface area contributed by atoms with Crippen molar-refractivity contribution in [2.45, 2.75) is 19.9 Å². The fourth-order valence-electron chi connectivity index (χ4n) is 4.23. The molecule has 1 N–H and O–H groups in total. The summed E-state index contributed by atoms with van der Waals surface area (Å²) in [4.78, 5) is 27.9. The number of benzene rings is 3. The van der Waals surface area contributed by atoms with E-state index in [4.69, 9.17) is 9.47 Å². The molecule has 3 aromatic carbocycles. The summed E-state index contributed by atoms with van der Waals surface area (Å²) in [5.74, 6) is -0.605. The van der Waals surface area contributed by atoms with Crippen molar-refractivity contribution in [3.8, 4) is 11.5 Å². The molecular formula is C26H21NO5. The molecule has 0 saturated carbocycles. The van der Waals surface area contributed by atoms with E-state index in [9.17, 15) is 14.7 Å². The van der Waals surface area contributed by atoms with E-state index in [0.717, 1.165) is 16.7 Å². The number of Topliss-reactive ketones (excluding diaryl/α,β-unsaturated/α-hetero) is 1. The molecule has 3 aromatic rings. The standard InChI is InChI=1S/C26H21NO5/c1-15-5-3-7-17(11-15)23-22(24(28)18-9-10-20-21(13-18)32-14-31-20)25(29)26(30)27(23)19-8-4-6-16(2)12-19/h3-13,23,28H,14H2,1-2H3/b24-22-. The lowest BCUT2D eigenvalue weighted by Crippen LogP contribution is -2.29. The third-order valence-corrected chi connectivity index (χ3v) is 5.73. The fourth-order valence-corrected chi connectivity index (χ4v) is 4.23. The van der Waals surface area contributed by atoms with Gasteiger partial charge in [-0.15, -0.1) is 0 Å². The smallest absolute Gasteiger partial charge is 0.300 e. The van der Waals surface area contributed by atoms with Gasteiger partial charge < -0.3 is 14.6 Å². The minimum Gasteiger partial charge on any atom is -0.507 e. The van der Waals surface area contributed by atoms with Crippen LogP contribution in [0.5, 0.6) is 11.5 Å². The number of carbonyl (C=O) groups is 2. The summed E-state index contributed by atoms with van der Waals surface area (Å²) in [5.41, 5.74) is 3.72. The van der Waals surface area contributed by atoms with Crippen LogP contribution in [-0.2, 0) is 9.59 Å². The van der Waals surface area contributed by atoms with E-state index in [1.807, 2.05) is 56.3 Å². The van der Waals surface area contributed by atoms with Gasteiger partial charge in [-0.05, 0) is 55.3 Å². The van der Waals surface area contributed by atoms with Gasteiger partial charge in [-0.3, -0.25) is 14.5 Å². The average Bonchev–Trinajstić information content (AvgIpc) is 3.35. The Labute approximate surface area is 185 Å². The van der Waals surface area contributed by atoms with E-state index in [-0.39, 0.29) is 18.1 Å². The van der Waals surface area contributed by atoms with Crippen molar-refractivity contribution in [2.24, 2.45) is 0 Å². The second-order valence-electron chi connectivity index (χ2n) is 7.99. The van der Waals surface area contributed by atoms with Gasteiger partial charge in [0.25, 0.3) is 11.7 Å². The van der Waals surface area contributed by atoms with Crippen molar-refractivity contribution >= 4 is 23.1 Å². The lowest BCUT2D eigenvalue weighted by atomic mass is 9.94. The molecule has 32 heavy (non-hydrogen) atoms. The molecule has 1 atom stereocenters. The minimum absolute atomic E-state index is 0.0426. The first-order chi connectivity index (χ1) is 15.4. The second kappa shape index (κ2) is 7.57. The molecule has 0 bridgehead atoms. The summed E-state index contributed by atoms with van der Waals surface area (Å²) in [6.07, 6.45) is 0. The normalized spacial score (nSPS) is 18.9. The van der Waals surface area contributed by atoms with E-state index in [1.165, 1.54) is 4.90 Å². The number of carbonyl (C=O) groups excluding carboxylic acids is 2. The highest BCUT2D eigenvalue weighted by Gasteiger charge is 2.47. The van der Waals surface area contributed by atoms with Crippen LogP contribution in [0.25, 0.3) is 5.76 Å². The summed E-state index contributed by atoms with van der Waals surface area (Å²) >= 11 is 0. The first-order valence-electron chi connectivity index (χ1n) is 10.3. The van der Waals surface area contributed by atoms with Crippen LogP contribution in [0.3, 0.4) is 0 Å². The summed E-state index contributed by atoms with van der Waals surface area (Å²) < 4.78 is 10.7. The number of anilines is 1. The first kappa shape index (κ1) is 19.9. The Morgan fingerprint density at radius 2 is 1.62 bits per heavy atom. The van der Waals surface area contributed by atoms with Crippen molar-refractivity contribution in [3.05, 3.63) is 94.6 Å². The molecule has 160 valence electrons. The quantitative estimate of drug-likeness (QED) is 0.374. The third kappa shape index (κ3) is 3.21. The maximum absolute atomic E-state index is 13.2. The van der Waals surface area contributed by atoms with Crippen molar-refractivity contribution in [3.63, 3.8) is 0 Å². The van der Waals surface area contributed by atoms with Crippen LogP contribution >= 0.6 is 0 Å². The Kier molecular flexibility index (Phi) is 4.70. The predicted molar refractivity (Wildman–Crippen MR) is 120 cm³/mol. The van der Waals surface area contributed by atoms with E-state index >= 15 is 0 Å². The lowest BCUT2D eigenvalue weighted by molar-refractivity contribution is -0.132. The summed E-state index contributed by atoms with van der Waals surface area (Å²) in [5, 5.41) is 11.2. The topological polar surface area (TPSA) is 76.1 Å². The van der Waals surface area contributed by atoms with Crippen LogP contribution in [-0.4, -0.2) is 23.6 Å². The van der Waals surface area contributed by atoms with E-state index in [2.05, 4.69) is 0 Å². The first-order valence-corrected chi connectivity index (χ1v) is 10.3. The van der Waals surface area contributed by atoms with Gasteiger partial charge in [-0.2, -0.15) is 0 Å². The highest BCUT2D eigenvalue weighted by atomic mass is 16.7. The van der Waals surface area contributed by atoms with Gasteiger partial charge in [0, 0.05) is 11.3 Å². The largest absolute Gasteiger partial charge is 0.507 e. The van der Waals surface area contributed by atoms with Gasteiger partial charge in [0.2, 0.25) is 6.79 Å². The van der Waals surface area contributed by atoms with Gasteiger partial charge in [-0.1, -0.05) is 42.0 Å². The van der Waals surface area contributed by atoms with Gasteiger partial charge in [0.15, 0.2) is 11.5 Å². The van der Waals surface area contributed by atoms with Crippen molar-refractivity contribution < 1.29 is 24.2 Å². The third-order valence-electron chi connectivity index (χ3n) is 5.73. The molecule has 1 unspecified atom stereocenters. The van der Waals surface area contributed by atoms with Gasteiger partial charge in [0.05, 0.1) is 11.6 Å². The number of amides is 1. The molecule has 0 spiro atoms. The Balaban J connectivity index is 1.72. The molecule has 6 heteroatoms. The second-order valence-corrected chi connectivity index (χ2v) is 7.99. The Morgan fingerprint density at radius 3 is 2.38 bits per heavy atom. The number of hydrogen-bond donors (Lipinski definition) is 1. The summed E-state index contributed by atoms with van der Waals surface area (Å²) in [6.45, 7) is 3.97. The highest BCUT2D eigenvalue weighted by Crippen LogP contribution is 2.43. The maximum Gasteiger partial charge on any atom is 0.300 e. The van der Waals surface area contributed by atoms with Crippen LogP contribution in [0.4, 0.5) is 5.69 Å². The molecule has 0 aliphatic carbocycles. The number of fused-ring (bicyclic) bond motifs is 1. The molecule has 6 nitrogen and oxygen atoms in total. The number of hydrogen-bond acceptors (Lipinski definition) is 5. The number of aliphatic hydroxyl groups excluding tert-OH is 1. The van der Waals surface area contributed by atoms with Crippen molar-refractivity contribution in [1.82, 2.24) is 0 Å². The van der Waals surface area contributed by atoms with Gasteiger partial charge >= 0.3 is 0 Å². The number of rotatable bonds is 3. The molecule has 2 heterocycles. The lowest BCUT2D eigenvalue weighted by Gasteiger charge is -2.26. The molecular weight excluding hydrogens is 406 g/mol. The number of ether oxygens (including phenoxy) is 2. The molecule has 0 radical (unpaired) electrons. The Hall–Kier alpha value is -4.06. The average molecular weight is 427 g/mol. The monoisotopic (exact) mass is 427 g/mol. The molecule has 1 fully saturated rings. The SMILES string of the molecule is Cc1cccc(C2/C(=C(/O)c3ccc4c(c3)OCO4)C(=O)C(=O)N2c2cccc(C)c2)c1. The Bertz CT molecular complexity index is 1290. The molecule has 1 saturated heterocycles. The molecule has 5 rings (SSSR count). The zero-order valence-electron chi connectivity index (χ0n) is 17.7. The van der Waals surface area contributed by atoms with Crippen LogP contribution in [0.2, 0.25) is 0 Å². The van der Waals surface area contributed by atoms with Crippen LogP contribution in [0.1, 0.15) is 28.3 Å². The molecule has 2 aliphatic heterocycles. The highest BCUT2D eigenvalue weighted by molar-refractivity contribution is 6.51.